The van der Waals surface area contributed by atoms with Crippen LogP contribution in [0.1, 0.15) is 29.7 Å². The molecular formula is C28H29NO4S. The number of hydrogen-bond donors (Lipinski definition) is 2. The Morgan fingerprint density at radius 3 is 2.50 bits per heavy atom. The van der Waals surface area contributed by atoms with E-state index in [1.165, 1.54) is 11.5 Å². The highest BCUT2D eigenvalue weighted by Crippen LogP contribution is 2.47. The number of rotatable bonds is 6. The number of nitrogens with zero attached hydrogens (tertiary/aromatic N) is 1. The average molecular weight is 476 g/mol. The van der Waals surface area contributed by atoms with Gasteiger partial charge in [-0.25, -0.2) is 0 Å². The number of aromatic hydroxyl groups is 2. The summed E-state index contributed by atoms with van der Waals surface area (Å²) in [5.41, 5.74) is 4.71. The van der Waals surface area contributed by atoms with Crippen LogP contribution < -0.4 is 9.47 Å². The van der Waals surface area contributed by atoms with Crippen LogP contribution in [0.15, 0.2) is 66.7 Å². The molecule has 1 unspecified atom stereocenters. The molecule has 0 radical (unpaired) electrons. The van der Waals surface area contributed by atoms with E-state index >= 15 is 0 Å². The van der Waals surface area contributed by atoms with Crippen molar-refractivity contribution < 1.29 is 19.7 Å². The topological polar surface area (TPSA) is 62.2 Å². The molecule has 0 aromatic heterocycles. The number of ether oxygens (including phenoxy) is 2. The zero-order chi connectivity index (χ0) is 23.5. The number of phenols is 2. The molecule has 1 atom stereocenters. The molecule has 176 valence electrons. The summed E-state index contributed by atoms with van der Waals surface area (Å²) < 4.78 is 12.5. The minimum absolute atomic E-state index is 0.195. The van der Waals surface area contributed by atoms with E-state index in [0.29, 0.717) is 6.61 Å². The molecule has 34 heavy (non-hydrogen) atoms. The fourth-order valence-corrected chi connectivity index (χ4v) is 5.55. The van der Waals surface area contributed by atoms with E-state index in [2.05, 4.69) is 4.90 Å². The quantitative estimate of drug-likeness (QED) is 0.485. The summed E-state index contributed by atoms with van der Waals surface area (Å²) in [5, 5.41) is 20.2. The Labute approximate surface area is 204 Å². The molecule has 0 amide bonds. The smallest absolute Gasteiger partial charge is 0.150 e. The summed E-state index contributed by atoms with van der Waals surface area (Å²) in [6.07, 6.45) is -0.348. The van der Waals surface area contributed by atoms with Gasteiger partial charge in [0, 0.05) is 42.3 Å². The summed E-state index contributed by atoms with van der Waals surface area (Å²) >= 11 is 2.02. The molecule has 2 aliphatic rings. The summed E-state index contributed by atoms with van der Waals surface area (Å²) in [4.78, 5) is 2.45. The standard InChI is InChI=1S/C28H29NO4S/c1-19-25-18-23(31)7-10-26(25)33-28(27(19)21-3-2-4-22(30)17-21)20-5-8-24(9-6-20)32-14-11-29-12-15-34-16-13-29/h2-10,17-18,28,30-31H,11-16H2,1H3. The molecule has 2 N–H and O–H groups in total. The third kappa shape index (κ3) is 4.88. The van der Waals surface area contributed by atoms with Gasteiger partial charge < -0.3 is 19.7 Å². The fourth-order valence-electron chi connectivity index (χ4n) is 4.57. The van der Waals surface area contributed by atoms with Crippen molar-refractivity contribution in [2.45, 2.75) is 13.0 Å². The van der Waals surface area contributed by atoms with Crippen molar-refractivity contribution in [2.24, 2.45) is 0 Å². The van der Waals surface area contributed by atoms with Gasteiger partial charge in [-0.1, -0.05) is 24.3 Å². The Kier molecular flexibility index (Phi) is 6.70. The molecule has 1 fully saturated rings. The second-order valence-corrected chi connectivity index (χ2v) is 9.86. The maximum atomic E-state index is 10.1. The summed E-state index contributed by atoms with van der Waals surface area (Å²) in [5.74, 6) is 4.37. The van der Waals surface area contributed by atoms with Crippen LogP contribution in [0.5, 0.6) is 23.0 Å². The predicted octanol–water partition coefficient (Wildman–Crippen LogP) is 5.59. The van der Waals surface area contributed by atoms with E-state index in [9.17, 15) is 10.2 Å². The maximum Gasteiger partial charge on any atom is 0.150 e. The van der Waals surface area contributed by atoms with Crippen molar-refractivity contribution in [3.05, 3.63) is 83.4 Å². The summed E-state index contributed by atoms with van der Waals surface area (Å²) in [6, 6.07) is 20.4. The number of allylic oxidation sites excluding steroid dienone is 1. The first-order valence-corrected chi connectivity index (χ1v) is 12.8. The third-order valence-electron chi connectivity index (χ3n) is 6.40. The van der Waals surface area contributed by atoms with Crippen LogP contribution >= 0.6 is 11.8 Å². The minimum atomic E-state index is -0.348. The van der Waals surface area contributed by atoms with Crippen LogP contribution in [0, 0.1) is 0 Å². The molecule has 3 aromatic carbocycles. The third-order valence-corrected chi connectivity index (χ3v) is 7.34. The number of phenolic OH excluding ortho intramolecular Hbond substituents is 2. The first-order valence-electron chi connectivity index (χ1n) is 11.6. The highest BCUT2D eigenvalue weighted by atomic mass is 32.2. The van der Waals surface area contributed by atoms with E-state index in [1.807, 2.05) is 55.1 Å². The molecule has 5 rings (SSSR count). The van der Waals surface area contributed by atoms with Gasteiger partial charge in [0.05, 0.1) is 0 Å². The fraction of sp³-hybridized carbons (Fsp3) is 0.286. The monoisotopic (exact) mass is 475 g/mol. The number of fused-ring (bicyclic) bond motifs is 1. The number of hydrogen-bond acceptors (Lipinski definition) is 6. The van der Waals surface area contributed by atoms with E-state index in [4.69, 9.17) is 9.47 Å². The molecule has 2 heterocycles. The van der Waals surface area contributed by atoms with Crippen LogP contribution in [0.2, 0.25) is 0 Å². The highest BCUT2D eigenvalue weighted by molar-refractivity contribution is 7.99. The number of benzene rings is 3. The first-order chi connectivity index (χ1) is 16.6. The molecule has 0 spiro atoms. The first kappa shape index (κ1) is 22.7. The van der Waals surface area contributed by atoms with Crippen LogP contribution in [-0.2, 0) is 0 Å². The van der Waals surface area contributed by atoms with Crippen molar-refractivity contribution in [3.8, 4) is 23.0 Å². The Morgan fingerprint density at radius 1 is 0.971 bits per heavy atom. The van der Waals surface area contributed by atoms with Gasteiger partial charge in [-0.2, -0.15) is 11.8 Å². The van der Waals surface area contributed by atoms with E-state index in [-0.39, 0.29) is 17.6 Å². The summed E-state index contributed by atoms with van der Waals surface area (Å²) in [6.45, 7) is 5.92. The van der Waals surface area contributed by atoms with E-state index in [1.54, 1.807) is 30.3 Å². The molecule has 5 nitrogen and oxygen atoms in total. The van der Waals surface area contributed by atoms with Crippen LogP contribution in [-0.4, -0.2) is 52.9 Å². The van der Waals surface area contributed by atoms with Gasteiger partial charge in [0.2, 0.25) is 0 Å². The maximum absolute atomic E-state index is 10.1. The van der Waals surface area contributed by atoms with Gasteiger partial charge in [-0.3, -0.25) is 4.90 Å². The largest absolute Gasteiger partial charge is 0.508 e. The van der Waals surface area contributed by atoms with Gasteiger partial charge in [-0.15, -0.1) is 0 Å². The van der Waals surface area contributed by atoms with E-state index in [0.717, 1.165) is 59.0 Å². The zero-order valence-electron chi connectivity index (χ0n) is 19.2. The molecule has 3 aromatic rings. The molecule has 0 bridgehead atoms. The van der Waals surface area contributed by atoms with E-state index < -0.39 is 0 Å². The van der Waals surface area contributed by atoms with Crippen LogP contribution in [0.3, 0.4) is 0 Å². The highest BCUT2D eigenvalue weighted by Gasteiger charge is 2.29. The lowest BCUT2D eigenvalue weighted by molar-refractivity contribution is 0.222. The Balaban J connectivity index is 1.40. The molecule has 2 aliphatic heterocycles. The molecule has 6 heteroatoms. The predicted molar refractivity (Wildman–Crippen MR) is 138 cm³/mol. The zero-order valence-corrected chi connectivity index (χ0v) is 20.1. The van der Waals surface area contributed by atoms with Gasteiger partial charge in [0.15, 0.2) is 0 Å². The SMILES string of the molecule is CC1=C(c2cccc(O)c2)C(c2ccc(OCCN3CCSCC3)cc2)Oc2ccc(O)cc21. The van der Waals surface area contributed by atoms with Gasteiger partial charge in [0.25, 0.3) is 0 Å². The van der Waals surface area contributed by atoms with Crippen molar-refractivity contribution in [1.29, 1.82) is 0 Å². The van der Waals surface area contributed by atoms with Gasteiger partial charge in [-0.05, 0) is 66.1 Å². The van der Waals surface area contributed by atoms with Gasteiger partial charge in [0.1, 0.15) is 35.7 Å². The molecule has 0 aliphatic carbocycles. The Bertz CT molecular complexity index is 1190. The summed E-state index contributed by atoms with van der Waals surface area (Å²) in [7, 11) is 0. The van der Waals surface area contributed by atoms with Crippen LogP contribution in [0.4, 0.5) is 0 Å². The lowest BCUT2D eigenvalue weighted by atomic mass is 9.86. The normalized spacial score (nSPS) is 18.3. The minimum Gasteiger partial charge on any atom is -0.508 e. The van der Waals surface area contributed by atoms with Crippen molar-refractivity contribution in [3.63, 3.8) is 0 Å². The van der Waals surface area contributed by atoms with Gasteiger partial charge >= 0.3 is 0 Å². The Hall–Kier alpha value is -3.09. The second kappa shape index (κ2) is 10.0. The molecule has 0 saturated carbocycles. The van der Waals surface area contributed by atoms with Crippen molar-refractivity contribution >= 4 is 22.9 Å². The van der Waals surface area contributed by atoms with Crippen molar-refractivity contribution in [2.75, 3.05) is 37.7 Å². The number of thioether (sulfide) groups is 1. The average Bonchev–Trinajstić information content (AvgIpc) is 2.85. The lowest BCUT2D eigenvalue weighted by Gasteiger charge is -2.31. The van der Waals surface area contributed by atoms with Crippen molar-refractivity contribution in [1.82, 2.24) is 4.90 Å². The van der Waals surface area contributed by atoms with Crippen LogP contribution in [0.25, 0.3) is 11.1 Å². The molecule has 1 saturated heterocycles. The molecular weight excluding hydrogens is 446 g/mol. The second-order valence-electron chi connectivity index (χ2n) is 8.64. The Morgan fingerprint density at radius 2 is 1.74 bits per heavy atom. The lowest BCUT2D eigenvalue weighted by Crippen LogP contribution is -2.35.